The second kappa shape index (κ2) is 11.6. The van der Waals surface area contributed by atoms with E-state index < -0.39 is 6.48 Å². The van der Waals surface area contributed by atoms with Crippen LogP contribution in [0.3, 0.4) is 0 Å². The molecule has 0 aliphatic carbocycles. The molecule has 11 nitrogen and oxygen atoms in total. The fraction of sp³-hybridized carbons (Fsp3) is 0.600. The fourth-order valence-electron chi connectivity index (χ4n) is 1.86. The van der Waals surface area contributed by atoms with Gasteiger partial charge < -0.3 is 15.2 Å². The van der Waals surface area contributed by atoms with Gasteiger partial charge in [-0.15, -0.1) is 10.0 Å². The van der Waals surface area contributed by atoms with Gasteiger partial charge in [0.1, 0.15) is 5.75 Å². The van der Waals surface area contributed by atoms with E-state index >= 15 is 0 Å². The van der Waals surface area contributed by atoms with E-state index in [1.54, 1.807) is 58.0 Å². The maximum Gasteiger partial charge on any atom is 0.457 e. The highest BCUT2D eigenvalue weighted by Gasteiger charge is 2.19. The Morgan fingerprint density at radius 2 is 1.27 bits per heavy atom. The van der Waals surface area contributed by atoms with E-state index in [9.17, 15) is 10.4 Å². The molecule has 0 bridgehead atoms. The van der Waals surface area contributed by atoms with E-state index in [2.05, 4.69) is 10.6 Å². The van der Waals surface area contributed by atoms with Crippen molar-refractivity contribution in [2.24, 2.45) is 10.6 Å². The lowest BCUT2D eigenvalue weighted by molar-refractivity contribution is -0.723. The van der Waals surface area contributed by atoms with Crippen LogP contribution in [0.25, 0.3) is 0 Å². The van der Waals surface area contributed by atoms with Crippen LogP contribution in [0, 0.1) is 10.4 Å². The molecule has 0 atom stereocenters. The fourth-order valence-corrected chi connectivity index (χ4v) is 1.86. The molecule has 0 unspecified atom stereocenters. The molecule has 0 N–H and O–H groups in total. The third-order valence-electron chi connectivity index (χ3n) is 3.33. The number of hydrogen-bond donors (Lipinski definition) is 0. The normalized spacial score (nSPS) is 13.1. The Labute approximate surface area is 152 Å². The summed E-state index contributed by atoms with van der Waals surface area (Å²) in [4.78, 5) is 10.5. The van der Waals surface area contributed by atoms with Gasteiger partial charge in [0, 0.05) is 0 Å². The summed E-state index contributed by atoms with van der Waals surface area (Å²) in [5.41, 5.74) is 0. The molecule has 26 heavy (non-hydrogen) atoms. The average molecular weight is 370 g/mol. The van der Waals surface area contributed by atoms with Crippen LogP contribution in [0.1, 0.15) is 27.7 Å². The van der Waals surface area contributed by atoms with Gasteiger partial charge in [-0.2, -0.15) is 0 Å². The molecule has 1 aromatic rings. The number of hydrazine groups is 2. The highest BCUT2D eigenvalue weighted by atomic mass is 17.0. The van der Waals surface area contributed by atoms with Gasteiger partial charge in [-0.25, -0.2) is 0 Å². The first kappa shape index (κ1) is 21.1. The molecule has 0 saturated carbocycles. The summed E-state index contributed by atoms with van der Waals surface area (Å²) < 4.78 is 5.41. The largest absolute Gasteiger partial charge is 0.569 e. The first-order valence-corrected chi connectivity index (χ1v) is 8.45. The molecule has 0 aliphatic heterocycles. The van der Waals surface area contributed by atoms with E-state index in [4.69, 9.17) is 14.4 Å². The molecule has 0 spiro atoms. The van der Waals surface area contributed by atoms with Gasteiger partial charge in [-0.3, -0.25) is 9.68 Å². The lowest BCUT2D eigenvalue weighted by atomic mass is 10.3. The number of para-hydroxylation sites is 1. The summed E-state index contributed by atoms with van der Waals surface area (Å²) in [5, 5.41) is 33.2. The van der Waals surface area contributed by atoms with E-state index in [0.717, 1.165) is 0 Å². The number of nitrogens with zero attached hydrogens (tertiary/aromatic N) is 6. The van der Waals surface area contributed by atoms with Gasteiger partial charge >= 0.3 is 6.48 Å². The summed E-state index contributed by atoms with van der Waals surface area (Å²) in [6.07, 6.45) is 0. The Bertz CT molecular complexity index is 533. The molecule has 146 valence electrons. The Morgan fingerprint density at radius 1 is 0.846 bits per heavy atom. The lowest BCUT2D eigenvalue weighted by Crippen LogP contribution is -2.32. The van der Waals surface area contributed by atoms with Crippen LogP contribution in [-0.4, -0.2) is 52.6 Å². The average Bonchev–Trinajstić information content (AvgIpc) is 2.66. The summed E-state index contributed by atoms with van der Waals surface area (Å²) in [7, 11) is 0. The minimum Gasteiger partial charge on any atom is -0.569 e. The van der Waals surface area contributed by atoms with E-state index in [0.29, 0.717) is 31.9 Å². The van der Waals surface area contributed by atoms with Crippen LogP contribution in [0.2, 0.25) is 0 Å². The van der Waals surface area contributed by atoms with Crippen LogP contribution in [0.5, 0.6) is 5.75 Å². The predicted octanol–water partition coefficient (Wildman–Crippen LogP) is 2.65. The van der Waals surface area contributed by atoms with Crippen molar-refractivity contribution < 1.29 is 24.4 Å². The molecule has 11 heteroatoms. The van der Waals surface area contributed by atoms with Crippen LogP contribution in [0.15, 0.2) is 40.9 Å². The van der Waals surface area contributed by atoms with Crippen LogP contribution >= 0.6 is 0 Å². The van der Waals surface area contributed by atoms with Crippen molar-refractivity contribution in [1.29, 1.82) is 0 Å². The third-order valence-corrected chi connectivity index (χ3v) is 3.33. The standard InChI is InChI=1S/C15H26N6O5/c1-5-18(6-2)20(22)16-25-15(24-14-12-10-9-11-13-14)26-17-21(23)19(7-3)8-4/h9-13,15H,5-8H2,1-4H3. The number of ether oxygens (including phenoxy) is 1. The molecular formula is C15H26N6O5. The minimum absolute atomic E-state index is 0.282. The highest BCUT2D eigenvalue weighted by Crippen LogP contribution is 2.13. The van der Waals surface area contributed by atoms with Gasteiger partial charge in [-0.05, 0) is 39.8 Å². The van der Waals surface area contributed by atoms with Crippen LogP contribution in [-0.2, 0) is 9.68 Å². The number of hydrogen-bond acceptors (Lipinski definition) is 7. The third kappa shape index (κ3) is 6.87. The topological polar surface area (TPSA) is 111 Å². The first-order chi connectivity index (χ1) is 12.5. The van der Waals surface area contributed by atoms with Crippen molar-refractivity contribution in [2.75, 3.05) is 26.2 Å². The zero-order chi connectivity index (χ0) is 19.4. The molecule has 1 rings (SSSR count). The number of rotatable bonds is 12. The van der Waals surface area contributed by atoms with Gasteiger partial charge in [-0.1, -0.05) is 18.2 Å². The second-order valence-electron chi connectivity index (χ2n) is 4.88. The summed E-state index contributed by atoms with van der Waals surface area (Å²) in [5.74, 6) is 0.392. The molecule has 0 amide bonds. The molecule has 0 radical (unpaired) electrons. The monoisotopic (exact) mass is 370 g/mol. The van der Waals surface area contributed by atoms with Gasteiger partial charge in [0.2, 0.25) is 10.6 Å². The minimum atomic E-state index is -1.52. The van der Waals surface area contributed by atoms with Crippen molar-refractivity contribution in [3.05, 3.63) is 40.7 Å². The van der Waals surface area contributed by atoms with Crippen molar-refractivity contribution >= 4 is 0 Å². The quantitative estimate of drug-likeness (QED) is 0.241. The van der Waals surface area contributed by atoms with Gasteiger partial charge in [0.25, 0.3) is 0 Å². The predicted molar refractivity (Wildman–Crippen MR) is 91.0 cm³/mol. The molecule has 0 heterocycles. The Hall–Kier alpha value is -2.98. The Balaban J connectivity index is 2.85. The molecule has 0 aliphatic rings. The lowest BCUT2D eigenvalue weighted by Gasteiger charge is -2.16. The molecule has 0 saturated heterocycles. The van der Waals surface area contributed by atoms with Crippen molar-refractivity contribution in [3.8, 4) is 5.75 Å². The van der Waals surface area contributed by atoms with E-state index in [1.165, 1.54) is 10.0 Å². The number of benzene rings is 1. The zero-order valence-electron chi connectivity index (χ0n) is 15.5. The molecule has 1 aromatic carbocycles. The molecule has 0 fully saturated rings. The van der Waals surface area contributed by atoms with Gasteiger partial charge in [0.05, 0.1) is 36.1 Å². The van der Waals surface area contributed by atoms with Crippen LogP contribution < -0.4 is 4.74 Å². The van der Waals surface area contributed by atoms with Crippen molar-refractivity contribution in [3.63, 3.8) is 0 Å². The Kier molecular flexibility index (Phi) is 9.36. The SMILES string of the molecule is CCN(CC)[N+]([O-])=NOC(ON=[N+]([O-])N(CC)CC)Oc1ccccc1. The smallest absolute Gasteiger partial charge is 0.457 e. The first-order valence-electron chi connectivity index (χ1n) is 8.45. The van der Waals surface area contributed by atoms with Crippen molar-refractivity contribution in [1.82, 2.24) is 10.0 Å². The Morgan fingerprint density at radius 3 is 1.65 bits per heavy atom. The second-order valence-corrected chi connectivity index (χ2v) is 4.88. The maximum atomic E-state index is 11.8. The van der Waals surface area contributed by atoms with E-state index in [1.807, 2.05) is 0 Å². The van der Waals surface area contributed by atoms with Gasteiger partial charge in [0.15, 0.2) is 0 Å². The van der Waals surface area contributed by atoms with Crippen LogP contribution in [0.4, 0.5) is 0 Å². The maximum absolute atomic E-state index is 11.8. The zero-order valence-corrected chi connectivity index (χ0v) is 15.5. The summed E-state index contributed by atoms with van der Waals surface area (Å²) in [6, 6.07) is 8.59. The highest BCUT2D eigenvalue weighted by molar-refractivity contribution is 5.20. The van der Waals surface area contributed by atoms with E-state index in [-0.39, 0.29) is 9.94 Å². The van der Waals surface area contributed by atoms with Crippen molar-refractivity contribution in [2.45, 2.75) is 34.2 Å². The summed E-state index contributed by atoms with van der Waals surface area (Å²) >= 11 is 0. The molecule has 0 aromatic heterocycles. The summed E-state index contributed by atoms with van der Waals surface area (Å²) in [6.45, 7) is 7.45. The molecular weight excluding hydrogens is 344 g/mol.